The lowest BCUT2D eigenvalue weighted by Crippen LogP contribution is -2.51. The third kappa shape index (κ3) is 2.93. The second-order valence-corrected chi connectivity index (χ2v) is 12.4. The predicted octanol–water partition coefficient (Wildman–Crippen LogP) is 5.93. The summed E-state index contributed by atoms with van der Waals surface area (Å²) in [6.07, 6.45) is 10.4. The molecule has 0 radical (unpaired) electrons. The Labute approximate surface area is 172 Å². The Hall–Kier alpha value is -1.34. The number of thiophene rings is 1. The van der Waals surface area contributed by atoms with Crippen molar-refractivity contribution >= 4 is 22.2 Å². The van der Waals surface area contributed by atoms with Gasteiger partial charge in [-0.2, -0.15) is 5.26 Å². The minimum absolute atomic E-state index is 0.153. The summed E-state index contributed by atoms with van der Waals surface area (Å²) in [4.78, 5) is 14.8. The van der Waals surface area contributed by atoms with Gasteiger partial charge in [0.2, 0.25) is 5.91 Å². The molecule has 1 amide bonds. The van der Waals surface area contributed by atoms with Crippen LogP contribution in [-0.2, 0) is 17.6 Å². The average molecular weight is 397 g/mol. The number of fused-ring (bicyclic) bond motifs is 1. The quantitative estimate of drug-likeness (QED) is 0.674. The first-order valence-corrected chi connectivity index (χ1v) is 11.9. The molecule has 0 spiro atoms. The van der Waals surface area contributed by atoms with Crippen molar-refractivity contribution in [3.8, 4) is 6.07 Å². The van der Waals surface area contributed by atoms with Crippen molar-refractivity contribution in [2.45, 2.75) is 78.6 Å². The fourth-order valence-electron chi connectivity index (χ4n) is 7.16. The van der Waals surface area contributed by atoms with Gasteiger partial charge >= 0.3 is 0 Å². The van der Waals surface area contributed by atoms with Crippen LogP contribution in [0.4, 0.5) is 5.00 Å². The Balaban J connectivity index is 1.40. The normalized spacial score (nSPS) is 36.1. The number of nitriles is 1. The smallest absolute Gasteiger partial charge is 0.231 e. The molecule has 1 aromatic heterocycles. The molecule has 1 N–H and O–H groups in total. The third-order valence-corrected chi connectivity index (χ3v) is 9.52. The summed E-state index contributed by atoms with van der Waals surface area (Å²) in [5.41, 5.74) is 2.11. The van der Waals surface area contributed by atoms with Crippen LogP contribution in [0.3, 0.4) is 0 Å². The third-order valence-electron chi connectivity index (χ3n) is 8.35. The van der Waals surface area contributed by atoms with Crippen LogP contribution < -0.4 is 5.32 Å². The molecule has 1 unspecified atom stereocenters. The Morgan fingerprint density at radius 1 is 1.14 bits per heavy atom. The van der Waals surface area contributed by atoms with Gasteiger partial charge < -0.3 is 5.32 Å². The van der Waals surface area contributed by atoms with Gasteiger partial charge in [-0.3, -0.25) is 4.79 Å². The van der Waals surface area contributed by atoms with Gasteiger partial charge in [0.05, 0.1) is 11.0 Å². The van der Waals surface area contributed by atoms with Crippen molar-refractivity contribution < 1.29 is 4.79 Å². The lowest BCUT2D eigenvalue weighted by atomic mass is 9.49. The van der Waals surface area contributed by atoms with Crippen LogP contribution in [-0.4, -0.2) is 5.91 Å². The summed E-state index contributed by atoms with van der Waals surface area (Å²) < 4.78 is 0. The monoisotopic (exact) mass is 396 g/mol. The van der Waals surface area contributed by atoms with Gasteiger partial charge in [-0.05, 0) is 92.4 Å². The highest BCUT2D eigenvalue weighted by atomic mass is 32.1. The maximum absolute atomic E-state index is 13.5. The summed E-state index contributed by atoms with van der Waals surface area (Å²) in [7, 11) is 0. The SMILES string of the molecule is CC(C)(C)C1CCc2c(sc(NC(=O)C34CC5CC(CC(C5)C3)C4)c2C#N)C1. The minimum atomic E-state index is -0.153. The van der Waals surface area contributed by atoms with Crippen LogP contribution >= 0.6 is 11.3 Å². The van der Waals surface area contributed by atoms with E-state index < -0.39 is 0 Å². The van der Waals surface area contributed by atoms with E-state index in [2.05, 4.69) is 32.2 Å². The van der Waals surface area contributed by atoms with Gasteiger partial charge in [0.25, 0.3) is 0 Å². The van der Waals surface area contributed by atoms with Crippen molar-refractivity contribution in [1.82, 2.24) is 0 Å². The molecule has 1 atom stereocenters. The Bertz CT molecular complexity index is 818. The van der Waals surface area contributed by atoms with Gasteiger partial charge in [0.1, 0.15) is 11.1 Å². The highest BCUT2D eigenvalue weighted by Crippen LogP contribution is 2.60. The van der Waals surface area contributed by atoms with E-state index in [9.17, 15) is 10.1 Å². The van der Waals surface area contributed by atoms with Gasteiger partial charge in [0, 0.05) is 4.88 Å². The molecule has 0 aromatic carbocycles. The number of nitrogens with zero attached hydrogens (tertiary/aromatic N) is 1. The molecule has 4 bridgehead atoms. The van der Waals surface area contributed by atoms with Crippen molar-refractivity contribution in [2.24, 2.45) is 34.5 Å². The van der Waals surface area contributed by atoms with E-state index >= 15 is 0 Å². The topological polar surface area (TPSA) is 52.9 Å². The number of nitrogens with one attached hydrogen (secondary N) is 1. The summed E-state index contributed by atoms with van der Waals surface area (Å²) in [6, 6.07) is 2.43. The molecule has 3 nitrogen and oxygen atoms in total. The van der Waals surface area contributed by atoms with Crippen LogP contribution in [0, 0.1) is 45.8 Å². The van der Waals surface area contributed by atoms with Gasteiger partial charge in [-0.1, -0.05) is 20.8 Å². The molecule has 28 heavy (non-hydrogen) atoms. The molecule has 150 valence electrons. The second kappa shape index (κ2) is 6.33. The molecule has 4 saturated carbocycles. The summed E-state index contributed by atoms with van der Waals surface area (Å²) in [5.74, 6) is 3.15. The van der Waals surface area contributed by atoms with E-state index in [1.54, 1.807) is 11.3 Å². The van der Waals surface area contributed by atoms with E-state index in [4.69, 9.17) is 0 Å². The van der Waals surface area contributed by atoms with E-state index in [-0.39, 0.29) is 16.7 Å². The lowest BCUT2D eigenvalue weighted by Gasteiger charge is -2.55. The maximum atomic E-state index is 13.5. The van der Waals surface area contributed by atoms with Crippen LogP contribution in [0.5, 0.6) is 0 Å². The van der Waals surface area contributed by atoms with Gasteiger partial charge in [0.15, 0.2) is 0 Å². The molecule has 5 aliphatic rings. The first kappa shape index (κ1) is 18.7. The first-order valence-electron chi connectivity index (χ1n) is 11.1. The van der Waals surface area contributed by atoms with E-state index in [0.29, 0.717) is 5.92 Å². The fraction of sp³-hybridized carbons (Fsp3) is 0.750. The van der Waals surface area contributed by atoms with E-state index in [1.165, 1.54) is 29.7 Å². The fourth-order valence-corrected chi connectivity index (χ4v) is 8.43. The largest absolute Gasteiger partial charge is 0.316 e. The zero-order valence-electron chi connectivity index (χ0n) is 17.4. The molecule has 4 heteroatoms. The first-order chi connectivity index (χ1) is 13.3. The molecule has 0 aliphatic heterocycles. The van der Waals surface area contributed by atoms with Crippen molar-refractivity contribution in [2.75, 3.05) is 5.32 Å². The number of hydrogen-bond acceptors (Lipinski definition) is 3. The highest BCUT2D eigenvalue weighted by molar-refractivity contribution is 7.16. The lowest BCUT2D eigenvalue weighted by molar-refractivity contribution is -0.140. The zero-order chi connectivity index (χ0) is 19.7. The maximum Gasteiger partial charge on any atom is 0.231 e. The molecular formula is C24H32N2OS. The number of carbonyl (C=O) groups excluding carboxylic acids is 1. The number of hydrogen-bond donors (Lipinski definition) is 1. The average Bonchev–Trinajstić information content (AvgIpc) is 2.95. The van der Waals surface area contributed by atoms with Crippen molar-refractivity contribution in [3.63, 3.8) is 0 Å². The number of rotatable bonds is 2. The van der Waals surface area contributed by atoms with E-state index in [1.807, 2.05) is 0 Å². The zero-order valence-corrected chi connectivity index (χ0v) is 18.3. The van der Waals surface area contributed by atoms with E-state index in [0.717, 1.165) is 66.8 Å². The standard InChI is InChI=1S/C24H32N2OS/c1-23(2,3)17-4-5-18-19(13-25)21(28-20(18)9-17)26-22(27)24-10-14-6-15(11-24)8-16(7-14)12-24/h14-17H,4-12H2,1-3H3,(H,26,27). The molecular weight excluding hydrogens is 364 g/mol. The summed E-state index contributed by atoms with van der Waals surface area (Å²) in [5, 5.41) is 14.0. The molecule has 5 aliphatic carbocycles. The number of anilines is 1. The molecule has 0 saturated heterocycles. The second-order valence-electron chi connectivity index (χ2n) is 11.3. The summed E-state index contributed by atoms with van der Waals surface area (Å²) in [6.45, 7) is 6.95. The predicted molar refractivity (Wildman–Crippen MR) is 113 cm³/mol. The van der Waals surface area contributed by atoms with Gasteiger partial charge in [-0.15, -0.1) is 11.3 Å². The Morgan fingerprint density at radius 3 is 2.29 bits per heavy atom. The van der Waals surface area contributed by atoms with Crippen LogP contribution in [0.2, 0.25) is 0 Å². The van der Waals surface area contributed by atoms with Crippen molar-refractivity contribution in [3.05, 3.63) is 16.0 Å². The van der Waals surface area contributed by atoms with Gasteiger partial charge in [-0.25, -0.2) is 0 Å². The van der Waals surface area contributed by atoms with Crippen LogP contribution in [0.15, 0.2) is 0 Å². The van der Waals surface area contributed by atoms with Crippen LogP contribution in [0.25, 0.3) is 0 Å². The minimum Gasteiger partial charge on any atom is -0.316 e. The number of carbonyl (C=O) groups is 1. The van der Waals surface area contributed by atoms with Crippen LogP contribution in [0.1, 0.15) is 81.7 Å². The Morgan fingerprint density at radius 2 is 1.75 bits per heavy atom. The molecule has 6 rings (SSSR count). The molecule has 4 fully saturated rings. The molecule has 1 aromatic rings. The number of amides is 1. The summed E-state index contributed by atoms with van der Waals surface area (Å²) >= 11 is 1.68. The van der Waals surface area contributed by atoms with Crippen molar-refractivity contribution in [1.29, 1.82) is 5.26 Å². The highest BCUT2D eigenvalue weighted by Gasteiger charge is 2.54. The Kier molecular flexibility index (Phi) is 4.22. The molecule has 1 heterocycles.